The standard InChI is InChI=1S/C65H126O6/c1-5-7-9-11-13-15-17-19-21-23-25-27-29-31-36-40-44-48-52-56-63(66)69-59-62(60-70-64(67)57-53-49-45-41-37-34-33-35-39-43-47-51-55-61(3)4)71-65(68)58-54-50-46-42-38-32-30-28-26-24-22-20-18-16-14-12-10-8-6-2/h61-62H,5-60H2,1-4H3/t62-/m1/s1. The monoisotopic (exact) mass is 1000 g/mol. The summed E-state index contributed by atoms with van der Waals surface area (Å²) in [7, 11) is 0. The van der Waals surface area contributed by atoms with Crippen molar-refractivity contribution in [1.82, 2.24) is 0 Å². The highest BCUT2D eigenvalue weighted by Crippen LogP contribution is 2.19. The number of hydrogen-bond acceptors (Lipinski definition) is 6. The summed E-state index contributed by atoms with van der Waals surface area (Å²) in [4.78, 5) is 38.3. The molecule has 0 aliphatic heterocycles. The van der Waals surface area contributed by atoms with Crippen LogP contribution in [0.25, 0.3) is 0 Å². The molecule has 6 heteroatoms. The van der Waals surface area contributed by atoms with Crippen LogP contribution in [-0.2, 0) is 28.6 Å². The maximum Gasteiger partial charge on any atom is 0.306 e. The third kappa shape index (κ3) is 59.2. The van der Waals surface area contributed by atoms with Gasteiger partial charge in [-0.1, -0.05) is 336 Å². The summed E-state index contributed by atoms with van der Waals surface area (Å²) < 4.78 is 17.0. The van der Waals surface area contributed by atoms with Gasteiger partial charge in [-0.2, -0.15) is 0 Å². The van der Waals surface area contributed by atoms with E-state index in [0.717, 1.165) is 63.7 Å². The molecule has 0 radical (unpaired) electrons. The molecule has 0 aromatic rings. The first-order valence-electron chi connectivity index (χ1n) is 32.4. The second-order valence-corrected chi connectivity index (χ2v) is 22.9. The Kier molecular flexibility index (Phi) is 58.0. The van der Waals surface area contributed by atoms with E-state index >= 15 is 0 Å². The van der Waals surface area contributed by atoms with E-state index in [9.17, 15) is 14.4 Å². The van der Waals surface area contributed by atoms with Crippen molar-refractivity contribution in [3.8, 4) is 0 Å². The summed E-state index contributed by atoms with van der Waals surface area (Å²) in [6.45, 7) is 9.09. The number of ether oxygens (including phenoxy) is 3. The Hall–Kier alpha value is -1.59. The molecule has 0 bridgehead atoms. The first-order chi connectivity index (χ1) is 34.9. The topological polar surface area (TPSA) is 78.9 Å². The van der Waals surface area contributed by atoms with E-state index in [2.05, 4.69) is 27.7 Å². The molecule has 0 rings (SSSR count). The molecule has 422 valence electrons. The summed E-state index contributed by atoms with van der Waals surface area (Å²) in [6.07, 6.45) is 66.8. The molecule has 6 nitrogen and oxygen atoms in total. The largest absolute Gasteiger partial charge is 0.462 e. The second kappa shape index (κ2) is 59.3. The van der Waals surface area contributed by atoms with Crippen LogP contribution in [0.3, 0.4) is 0 Å². The lowest BCUT2D eigenvalue weighted by Crippen LogP contribution is -2.30. The highest BCUT2D eigenvalue weighted by molar-refractivity contribution is 5.71. The molecule has 0 fully saturated rings. The Morgan fingerprint density at radius 1 is 0.268 bits per heavy atom. The minimum absolute atomic E-state index is 0.0612. The van der Waals surface area contributed by atoms with Crippen LogP contribution in [0.5, 0.6) is 0 Å². The number of unbranched alkanes of at least 4 members (excludes halogenated alkanes) is 47. The molecular weight excluding hydrogens is 877 g/mol. The normalized spacial score (nSPS) is 12.0. The highest BCUT2D eigenvalue weighted by atomic mass is 16.6. The van der Waals surface area contributed by atoms with Gasteiger partial charge >= 0.3 is 17.9 Å². The minimum atomic E-state index is -0.763. The predicted molar refractivity (Wildman–Crippen MR) is 307 cm³/mol. The average molecular weight is 1000 g/mol. The average Bonchev–Trinajstić information content (AvgIpc) is 3.36. The fourth-order valence-corrected chi connectivity index (χ4v) is 10.2. The summed E-state index contributed by atoms with van der Waals surface area (Å²) in [5, 5.41) is 0. The summed E-state index contributed by atoms with van der Waals surface area (Å²) in [5.74, 6) is 0.00623. The number of carbonyl (C=O) groups excluding carboxylic acids is 3. The van der Waals surface area contributed by atoms with Crippen LogP contribution in [0.2, 0.25) is 0 Å². The van der Waals surface area contributed by atoms with E-state index in [1.807, 2.05) is 0 Å². The van der Waals surface area contributed by atoms with Crippen molar-refractivity contribution in [1.29, 1.82) is 0 Å². The van der Waals surface area contributed by atoms with Crippen molar-refractivity contribution >= 4 is 17.9 Å². The van der Waals surface area contributed by atoms with Gasteiger partial charge in [-0.05, 0) is 25.2 Å². The Balaban J connectivity index is 4.27. The van der Waals surface area contributed by atoms with Crippen LogP contribution in [0, 0.1) is 5.92 Å². The van der Waals surface area contributed by atoms with Crippen LogP contribution in [0.1, 0.15) is 374 Å². The quantitative estimate of drug-likeness (QED) is 0.0343. The van der Waals surface area contributed by atoms with E-state index in [1.54, 1.807) is 0 Å². The maximum atomic E-state index is 12.9. The molecular formula is C65H126O6. The van der Waals surface area contributed by atoms with Crippen LogP contribution >= 0.6 is 0 Å². The Morgan fingerprint density at radius 3 is 0.690 bits per heavy atom. The lowest BCUT2D eigenvalue weighted by Gasteiger charge is -2.18. The van der Waals surface area contributed by atoms with Crippen molar-refractivity contribution in [3.63, 3.8) is 0 Å². The lowest BCUT2D eigenvalue weighted by molar-refractivity contribution is -0.167. The fourth-order valence-electron chi connectivity index (χ4n) is 10.2. The molecule has 71 heavy (non-hydrogen) atoms. The Bertz CT molecular complexity index is 1070. The molecule has 0 spiro atoms. The minimum Gasteiger partial charge on any atom is -0.462 e. The number of esters is 3. The molecule has 0 amide bonds. The van der Waals surface area contributed by atoms with Gasteiger partial charge in [-0.15, -0.1) is 0 Å². The van der Waals surface area contributed by atoms with Crippen molar-refractivity contribution in [2.24, 2.45) is 5.92 Å². The third-order valence-electron chi connectivity index (χ3n) is 15.0. The van der Waals surface area contributed by atoms with Crippen molar-refractivity contribution in [2.75, 3.05) is 13.2 Å². The second-order valence-electron chi connectivity index (χ2n) is 22.9. The van der Waals surface area contributed by atoms with E-state index in [-0.39, 0.29) is 31.1 Å². The van der Waals surface area contributed by atoms with Crippen molar-refractivity contribution in [3.05, 3.63) is 0 Å². The summed E-state index contributed by atoms with van der Waals surface area (Å²) >= 11 is 0. The molecule has 0 aliphatic carbocycles. The number of rotatable bonds is 60. The van der Waals surface area contributed by atoms with Gasteiger partial charge in [0.15, 0.2) is 6.10 Å². The summed E-state index contributed by atoms with van der Waals surface area (Å²) in [6, 6.07) is 0. The molecule has 0 N–H and O–H groups in total. The number of hydrogen-bond donors (Lipinski definition) is 0. The SMILES string of the molecule is CCCCCCCCCCCCCCCCCCCCCC(=O)OC[C@H](COC(=O)CCCCCCCCCCCCCCC(C)C)OC(=O)CCCCCCCCCCCCCCCCCCCCC. The van der Waals surface area contributed by atoms with Gasteiger partial charge in [0.05, 0.1) is 0 Å². The van der Waals surface area contributed by atoms with Gasteiger partial charge in [0, 0.05) is 19.3 Å². The van der Waals surface area contributed by atoms with Gasteiger partial charge in [0.2, 0.25) is 0 Å². The van der Waals surface area contributed by atoms with Gasteiger partial charge in [0.1, 0.15) is 13.2 Å². The van der Waals surface area contributed by atoms with Gasteiger partial charge in [-0.3, -0.25) is 14.4 Å². The van der Waals surface area contributed by atoms with Crippen molar-refractivity contribution in [2.45, 2.75) is 381 Å². The number of carbonyl (C=O) groups is 3. The predicted octanol–water partition coefficient (Wildman–Crippen LogP) is 21.7. The van der Waals surface area contributed by atoms with E-state index in [4.69, 9.17) is 14.2 Å². The first kappa shape index (κ1) is 69.4. The molecule has 0 aromatic carbocycles. The van der Waals surface area contributed by atoms with Crippen LogP contribution in [-0.4, -0.2) is 37.2 Å². The van der Waals surface area contributed by atoms with Gasteiger partial charge in [0.25, 0.3) is 0 Å². The van der Waals surface area contributed by atoms with E-state index < -0.39 is 6.10 Å². The van der Waals surface area contributed by atoms with Gasteiger partial charge in [-0.25, -0.2) is 0 Å². The Labute approximate surface area is 444 Å². The zero-order valence-corrected chi connectivity index (χ0v) is 48.7. The summed E-state index contributed by atoms with van der Waals surface area (Å²) in [5.41, 5.74) is 0. The zero-order valence-electron chi connectivity index (χ0n) is 48.7. The van der Waals surface area contributed by atoms with Gasteiger partial charge < -0.3 is 14.2 Å². The molecule has 0 aliphatic rings. The fraction of sp³-hybridized carbons (Fsp3) is 0.954. The van der Waals surface area contributed by atoms with Crippen molar-refractivity contribution < 1.29 is 28.6 Å². The Morgan fingerprint density at radius 2 is 0.465 bits per heavy atom. The smallest absolute Gasteiger partial charge is 0.306 e. The lowest BCUT2D eigenvalue weighted by atomic mass is 10.0. The third-order valence-corrected chi connectivity index (χ3v) is 15.0. The molecule has 0 saturated heterocycles. The molecule has 0 unspecified atom stereocenters. The molecule has 1 atom stereocenters. The highest BCUT2D eigenvalue weighted by Gasteiger charge is 2.19. The zero-order chi connectivity index (χ0) is 51.6. The maximum absolute atomic E-state index is 12.9. The first-order valence-corrected chi connectivity index (χ1v) is 32.4. The van der Waals surface area contributed by atoms with Crippen LogP contribution in [0.15, 0.2) is 0 Å². The van der Waals surface area contributed by atoms with Crippen LogP contribution < -0.4 is 0 Å². The van der Waals surface area contributed by atoms with Crippen LogP contribution in [0.4, 0.5) is 0 Å². The van der Waals surface area contributed by atoms with E-state index in [0.29, 0.717) is 19.3 Å². The molecule has 0 heterocycles. The van der Waals surface area contributed by atoms with E-state index in [1.165, 1.54) is 270 Å². The molecule has 0 aromatic heterocycles. The molecule has 0 saturated carbocycles.